The molecular formula is C14H13NO5S. The van der Waals surface area contributed by atoms with Crippen LogP contribution in [0.1, 0.15) is 5.56 Å². The van der Waals surface area contributed by atoms with Crippen LogP contribution in [0.2, 0.25) is 0 Å². The Morgan fingerprint density at radius 3 is 2.33 bits per heavy atom. The van der Waals surface area contributed by atoms with Crippen molar-refractivity contribution in [3.63, 3.8) is 0 Å². The quantitative estimate of drug-likeness (QED) is 0.781. The van der Waals surface area contributed by atoms with Crippen molar-refractivity contribution in [1.82, 2.24) is 0 Å². The summed E-state index contributed by atoms with van der Waals surface area (Å²) in [5, 5.41) is 18.0. The summed E-state index contributed by atoms with van der Waals surface area (Å²) in [6, 6.07) is 11.3. The van der Waals surface area contributed by atoms with Gasteiger partial charge in [-0.1, -0.05) is 18.2 Å². The number of rotatable bonds is 5. The van der Waals surface area contributed by atoms with Crippen molar-refractivity contribution in [3.05, 3.63) is 54.1 Å². The van der Waals surface area contributed by atoms with E-state index >= 15 is 0 Å². The zero-order valence-electron chi connectivity index (χ0n) is 10.9. The van der Waals surface area contributed by atoms with Gasteiger partial charge in [0, 0.05) is 6.07 Å². The summed E-state index contributed by atoms with van der Waals surface area (Å²) in [5.41, 5.74) is 0.753. The highest BCUT2D eigenvalue weighted by Gasteiger charge is 2.14. The maximum atomic E-state index is 12.1. The van der Waals surface area contributed by atoms with Gasteiger partial charge in [0.05, 0.1) is 17.0 Å². The number of carbonyl (C=O) groups is 1. The van der Waals surface area contributed by atoms with Crippen LogP contribution in [-0.2, 0) is 21.2 Å². The van der Waals surface area contributed by atoms with E-state index in [1.807, 2.05) is 0 Å². The average Bonchev–Trinajstić information content (AvgIpc) is 2.38. The minimum Gasteiger partial charge on any atom is -0.508 e. The third kappa shape index (κ3) is 3.96. The Morgan fingerprint density at radius 2 is 1.76 bits per heavy atom. The molecule has 2 aromatic rings. The number of hydrogen-bond acceptors (Lipinski definition) is 4. The lowest BCUT2D eigenvalue weighted by molar-refractivity contribution is -0.136. The fourth-order valence-electron chi connectivity index (χ4n) is 1.74. The first-order chi connectivity index (χ1) is 9.87. The van der Waals surface area contributed by atoms with Crippen LogP contribution in [0.25, 0.3) is 0 Å². The van der Waals surface area contributed by atoms with Crippen molar-refractivity contribution in [2.24, 2.45) is 0 Å². The van der Waals surface area contributed by atoms with Crippen molar-refractivity contribution >= 4 is 21.7 Å². The molecule has 0 spiro atoms. The number of aromatic hydroxyl groups is 1. The largest absolute Gasteiger partial charge is 0.508 e. The maximum absolute atomic E-state index is 12.1. The highest BCUT2D eigenvalue weighted by Crippen LogP contribution is 2.20. The van der Waals surface area contributed by atoms with Crippen molar-refractivity contribution in [2.75, 3.05) is 4.72 Å². The van der Waals surface area contributed by atoms with Gasteiger partial charge in [-0.25, -0.2) is 8.42 Å². The number of aliphatic carboxylic acids is 1. The van der Waals surface area contributed by atoms with Crippen LogP contribution >= 0.6 is 0 Å². The van der Waals surface area contributed by atoms with E-state index < -0.39 is 16.0 Å². The molecule has 0 radical (unpaired) electrons. The molecule has 0 fully saturated rings. The van der Waals surface area contributed by atoms with Gasteiger partial charge in [0.25, 0.3) is 10.0 Å². The molecule has 0 aliphatic carbocycles. The third-order valence-corrected chi connectivity index (χ3v) is 4.08. The SMILES string of the molecule is O=C(O)Cc1ccc(S(=O)(=O)Nc2cccc(O)c2)cc1. The molecule has 0 saturated heterocycles. The fraction of sp³-hybridized carbons (Fsp3) is 0.0714. The highest BCUT2D eigenvalue weighted by molar-refractivity contribution is 7.92. The van der Waals surface area contributed by atoms with Crippen LogP contribution in [0.4, 0.5) is 5.69 Å². The first kappa shape index (κ1) is 14.9. The molecule has 0 saturated carbocycles. The van der Waals surface area contributed by atoms with E-state index in [0.29, 0.717) is 5.56 Å². The van der Waals surface area contributed by atoms with Crippen LogP contribution in [0.15, 0.2) is 53.4 Å². The molecule has 0 bridgehead atoms. The Bertz CT molecular complexity index is 753. The van der Waals surface area contributed by atoms with E-state index in [0.717, 1.165) is 0 Å². The van der Waals surface area contributed by atoms with Crippen molar-refractivity contribution in [2.45, 2.75) is 11.3 Å². The number of carboxylic acids is 1. The zero-order valence-corrected chi connectivity index (χ0v) is 11.7. The molecule has 0 amide bonds. The molecule has 7 heteroatoms. The molecular weight excluding hydrogens is 294 g/mol. The first-order valence-corrected chi connectivity index (χ1v) is 7.48. The molecule has 6 nitrogen and oxygen atoms in total. The minimum atomic E-state index is -3.78. The number of phenols is 1. The van der Waals surface area contributed by atoms with Gasteiger partial charge >= 0.3 is 5.97 Å². The second kappa shape index (κ2) is 5.84. The van der Waals surface area contributed by atoms with Gasteiger partial charge in [-0.15, -0.1) is 0 Å². The normalized spacial score (nSPS) is 11.0. The van der Waals surface area contributed by atoms with E-state index in [9.17, 15) is 18.3 Å². The first-order valence-electron chi connectivity index (χ1n) is 5.99. The number of carboxylic acid groups (broad SMARTS) is 1. The average molecular weight is 307 g/mol. The Hall–Kier alpha value is -2.54. The van der Waals surface area contributed by atoms with Crippen LogP contribution in [0, 0.1) is 0 Å². The predicted molar refractivity (Wildman–Crippen MR) is 76.7 cm³/mol. The molecule has 0 atom stereocenters. The van der Waals surface area contributed by atoms with Crippen LogP contribution in [0.5, 0.6) is 5.75 Å². The molecule has 21 heavy (non-hydrogen) atoms. The van der Waals surface area contributed by atoms with Gasteiger partial charge in [-0.3, -0.25) is 9.52 Å². The monoisotopic (exact) mass is 307 g/mol. The van der Waals surface area contributed by atoms with Crippen molar-refractivity contribution < 1.29 is 23.4 Å². The number of hydrogen-bond donors (Lipinski definition) is 3. The molecule has 2 aromatic carbocycles. The molecule has 2 rings (SSSR count). The number of sulfonamides is 1. The Kier molecular flexibility index (Phi) is 4.13. The number of phenolic OH excluding ortho intramolecular Hbond substituents is 1. The van der Waals surface area contributed by atoms with E-state index in [1.165, 1.54) is 48.5 Å². The Labute approximate surface area is 121 Å². The summed E-state index contributed by atoms with van der Waals surface area (Å²) in [6.45, 7) is 0. The van der Waals surface area contributed by atoms with Crippen LogP contribution < -0.4 is 4.72 Å². The second-order valence-corrected chi connectivity index (χ2v) is 6.05. The summed E-state index contributed by atoms with van der Waals surface area (Å²) in [7, 11) is -3.78. The number of nitrogens with one attached hydrogen (secondary N) is 1. The van der Waals surface area contributed by atoms with Gasteiger partial charge in [-0.05, 0) is 29.8 Å². The molecule has 110 valence electrons. The number of benzene rings is 2. The maximum Gasteiger partial charge on any atom is 0.307 e. The minimum absolute atomic E-state index is 0.0139. The van der Waals surface area contributed by atoms with E-state index in [-0.39, 0.29) is 22.8 Å². The van der Waals surface area contributed by atoms with Gasteiger partial charge in [-0.2, -0.15) is 0 Å². The predicted octanol–water partition coefficient (Wildman–Crippen LogP) is 1.82. The molecule has 0 aliphatic rings. The zero-order chi connectivity index (χ0) is 15.5. The lowest BCUT2D eigenvalue weighted by Crippen LogP contribution is -2.13. The molecule has 0 heterocycles. The smallest absolute Gasteiger partial charge is 0.307 e. The van der Waals surface area contributed by atoms with Gasteiger partial charge < -0.3 is 10.2 Å². The second-order valence-electron chi connectivity index (χ2n) is 4.37. The standard InChI is InChI=1S/C14H13NO5S/c16-12-3-1-2-11(9-12)15-21(19,20)13-6-4-10(5-7-13)8-14(17)18/h1-7,9,15-16H,8H2,(H,17,18). The van der Waals surface area contributed by atoms with E-state index in [2.05, 4.69) is 4.72 Å². The van der Waals surface area contributed by atoms with Gasteiger partial charge in [0.2, 0.25) is 0 Å². The summed E-state index contributed by atoms with van der Waals surface area (Å²) in [5.74, 6) is -1.03. The van der Waals surface area contributed by atoms with Gasteiger partial charge in [0.15, 0.2) is 0 Å². The molecule has 0 unspecified atom stereocenters. The molecule has 3 N–H and O–H groups in total. The van der Waals surface area contributed by atoms with E-state index in [4.69, 9.17) is 5.11 Å². The lowest BCUT2D eigenvalue weighted by Gasteiger charge is -2.08. The van der Waals surface area contributed by atoms with E-state index in [1.54, 1.807) is 0 Å². The summed E-state index contributed by atoms with van der Waals surface area (Å²) in [6.07, 6.45) is -0.166. The topological polar surface area (TPSA) is 104 Å². The lowest BCUT2D eigenvalue weighted by atomic mass is 10.2. The number of anilines is 1. The van der Waals surface area contributed by atoms with Crippen LogP contribution in [0.3, 0.4) is 0 Å². The summed E-state index contributed by atoms with van der Waals surface area (Å²) in [4.78, 5) is 10.6. The third-order valence-electron chi connectivity index (χ3n) is 2.69. The fourth-order valence-corrected chi connectivity index (χ4v) is 2.79. The Balaban J connectivity index is 2.21. The summed E-state index contributed by atoms with van der Waals surface area (Å²) >= 11 is 0. The molecule has 0 aliphatic heterocycles. The van der Waals surface area contributed by atoms with Crippen molar-refractivity contribution in [1.29, 1.82) is 0 Å². The highest BCUT2D eigenvalue weighted by atomic mass is 32.2. The van der Waals surface area contributed by atoms with Crippen molar-refractivity contribution in [3.8, 4) is 5.75 Å². The summed E-state index contributed by atoms with van der Waals surface area (Å²) < 4.78 is 26.6. The molecule has 0 aromatic heterocycles. The van der Waals surface area contributed by atoms with Gasteiger partial charge in [0.1, 0.15) is 5.75 Å². The Morgan fingerprint density at radius 1 is 1.10 bits per heavy atom. The van der Waals surface area contributed by atoms with Crippen LogP contribution in [-0.4, -0.2) is 24.6 Å².